The molecule has 0 aliphatic carbocycles. The maximum absolute atomic E-state index is 14.2. The maximum Gasteiger partial charge on any atom is 0.263 e. The van der Waals surface area contributed by atoms with Crippen LogP contribution in [0.4, 0.5) is 4.39 Å². The van der Waals surface area contributed by atoms with E-state index in [0.717, 1.165) is 36.9 Å². The Morgan fingerprint density at radius 3 is 2.64 bits per heavy atom. The smallest absolute Gasteiger partial charge is 0.263 e. The molecule has 1 fully saturated rings. The summed E-state index contributed by atoms with van der Waals surface area (Å²) < 4.78 is 20.1. The van der Waals surface area contributed by atoms with Crippen LogP contribution < -0.4 is 4.74 Å². The summed E-state index contributed by atoms with van der Waals surface area (Å²) in [6.07, 6.45) is 4.40. The summed E-state index contributed by atoms with van der Waals surface area (Å²) in [5.41, 5.74) is 2.03. The van der Waals surface area contributed by atoms with Gasteiger partial charge in [-0.2, -0.15) is 0 Å². The molecule has 0 N–H and O–H groups in total. The zero-order chi connectivity index (χ0) is 19.5. The van der Waals surface area contributed by atoms with Gasteiger partial charge in [-0.15, -0.1) is 0 Å². The van der Waals surface area contributed by atoms with Crippen LogP contribution in [0.1, 0.15) is 26.2 Å². The number of rotatable bonds is 4. The fourth-order valence-corrected chi connectivity index (χ4v) is 3.74. The van der Waals surface area contributed by atoms with E-state index in [0.29, 0.717) is 16.8 Å². The molecular weight excluding hydrogens is 355 g/mol. The van der Waals surface area contributed by atoms with Crippen molar-refractivity contribution in [2.75, 3.05) is 13.1 Å². The number of nitrogens with zero attached hydrogens (tertiary/aromatic N) is 2. The average Bonchev–Trinajstić information content (AvgIpc) is 2.73. The highest BCUT2D eigenvalue weighted by atomic mass is 19.1. The first-order valence-corrected chi connectivity index (χ1v) is 9.72. The third-order valence-corrected chi connectivity index (χ3v) is 5.21. The standard InChI is InChI=1S/C23H23FN2O2/c1-16(23(27)26-13-5-2-6-14-26)28-17-9-10-20-18(11-12-25-22(20)15-17)19-7-3-4-8-21(19)24/h3-4,7-12,15-16H,2,5-6,13-14H2,1H3. The van der Waals surface area contributed by atoms with Crippen molar-refractivity contribution in [2.24, 2.45) is 0 Å². The Bertz CT molecular complexity index is 999. The van der Waals surface area contributed by atoms with Crippen molar-refractivity contribution < 1.29 is 13.9 Å². The van der Waals surface area contributed by atoms with Gasteiger partial charge >= 0.3 is 0 Å². The molecule has 1 saturated heterocycles. The van der Waals surface area contributed by atoms with Crippen LogP contribution in [0.25, 0.3) is 22.0 Å². The van der Waals surface area contributed by atoms with Crippen LogP contribution in [0.3, 0.4) is 0 Å². The fraction of sp³-hybridized carbons (Fsp3) is 0.304. The number of hydrogen-bond donors (Lipinski definition) is 0. The monoisotopic (exact) mass is 378 g/mol. The molecule has 144 valence electrons. The van der Waals surface area contributed by atoms with E-state index in [2.05, 4.69) is 4.98 Å². The zero-order valence-electron chi connectivity index (χ0n) is 15.9. The molecule has 2 heterocycles. The van der Waals surface area contributed by atoms with Gasteiger partial charge in [0.2, 0.25) is 0 Å². The third kappa shape index (κ3) is 3.70. The molecule has 0 spiro atoms. The summed E-state index contributed by atoms with van der Waals surface area (Å²) in [6.45, 7) is 3.39. The van der Waals surface area contributed by atoms with Crippen molar-refractivity contribution in [3.05, 3.63) is 60.5 Å². The molecule has 1 aromatic heterocycles. The Hall–Kier alpha value is -2.95. The highest BCUT2D eigenvalue weighted by molar-refractivity contribution is 5.95. The van der Waals surface area contributed by atoms with E-state index in [-0.39, 0.29) is 11.7 Å². The van der Waals surface area contributed by atoms with Gasteiger partial charge in [-0.05, 0) is 56.0 Å². The summed E-state index contributed by atoms with van der Waals surface area (Å²) in [7, 11) is 0. The lowest BCUT2D eigenvalue weighted by atomic mass is 10.0. The number of hydrogen-bond acceptors (Lipinski definition) is 3. The van der Waals surface area contributed by atoms with Crippen LogP contribution in [0.15, 0.2) is 54.7 Å². The van der Waals surface area contributed by atoms with Crippen LogP contribution in [0.5, 0.6) is 5.75 Å². The quantitative estimate of drug-likeness (QED) is 0.654. The SMILES string of the molecule is CC(Oc1ccc2c(-c3ccccc3F)ccnc2c1)C(=O)N1CCCCC1. The number of carbonyl (C=O) groups is 1. The predicted octanol–water partition coefficient (Wildman–Crippen LogP) is 4.82. The van der Waals surface area contributed by atoms with Crippen molar-refractivity contribution in [1.82, 2.24) is 9.88 Å². The van der Waals surface area contributed by atoms with Gasteiger partial charge in [0.1, 0.15) is 11.6 Å². The molecule has 1 amide bonds. The number of ether oxygens (including phenoxy) is 1. The molecule has 0 bridgehead atoms. The molecular formula is C23H23FN2O2. The molecule has 5 heteroatoms. The maximum atomic E-state index is 14.2. The summed E-state index contributed by atoms with van der Waals surface area (Å²) in [5.74, 6) is 0.340. The van der Waals surface area contributed by atoms with E-state index in [1.54, 1.807) is 31.3 Å². The molecule has 4 rings (SSSR count). The van der Waals surface area contributed by atoms with Gasteiger partial charge in [-0.25, -0.2) is 4.39 Å². The molecule has 2 aromatic carbocycles. The highest BCUT2D eigenvalue weighted by Crippen LogP contribution is 2.31. The first kappa shape index (κ1) is 18.4. The molecule has 3 aromatic rings. The molecule has 1 atom stereocenters. The van der Waals surface area contributed by atoms with Crippen molar-refractivity contribution in [3.63, 3.8) is 0 Å². The number of piperidine rings is 1. The minimum absolute atomic E-state index is 0.0212. The van der Waals surface area contributed by atoms with Crippen molar-refractivity contribution in [1.29, 1.82) is 0 Å². The molecule has 1 aliphatic rings. The van der Waals surface area contributed by atoms with E-state index < -0.39 is 6.10 Å². The predicted molar refractivity (Wildman–Crippen MR) is 108 cm³/mol. The minimum atomic E-state index is -0.551. The molecule has 1 unspecified atom stereocenters. The Morgan fingerprint density at radius 1 is 1.07 bits per heavy atom. The third-order valence-electron chi connectivity index (χ3n) is 5.21. The topological polar surface area (TPSA) is 42.4 Å². The van der Waals surface area contributed by atoms with Gasteiger partial charge in [0, 0.05) is 36.3 Å². The van der Waals surface area contributed by atoms with Gasteiger partial charge in [0.05, 0.1) is 5.52 Å². The normalized spacial score (nSPS) is 15.4. The van der Waals surface area contributed by atoms with Gasteiger partial charge < -0.3 is 9.64 Å². The Balaban J connectivity index is 1.58. The van der Waals surface area contributed by atoms with Gasteiger partial charge in [0.25, 0.3) is 5.91 Å². The lowest BCUT2D eigenvalue weighted by Gasteiger charge is -2.29. The van der Waals surface area contributed by atoms with Crippen LogP contribution in [-0.2, 0) is 4.79 Å². The summed E-state index contributed by atoms with van der Waals surface area (Å²) in [6, 6.07) is 14.0. The number of pyridine rings is 1. The van der Waals surface area contributed by atoms with Crippen molar-refractivity contribution in [2.45, 2.75) is 32.3 Å². The number of fused-ring (bicyclic) bond motifs is 1. The largest absolute Gasteiger partial charge is 0.481 e. The van der Waals surface area contributed by atoms with Gasteiger partial charge in [0.15, 0.2) is 6.10 Å². The zero-order valence-corrected chi connectivity index (χ0v) is 15.9. The van der Waals surface area contributed by atoms with E-state index in [1.165, 1.54) is 12.5 Å². The molecule has 28 heavy (non-hydrogen) atoms. The summed E-state index contributed by atoms with van der Waals surface area (Å²) in [4.78, 5) is 18.9. The summed E-state index contributed by atoms with van der Waals surface area (Å²) >= 11 is 0. The molecule has 1 aliphatic heterocycles. The lowest BCUT2D eigenvalue weighted by molar-refractivity contribution is -0.138. The van der Waals surface area contributed by atoms with Crippen molar-refractivity contribution >= 4 is 16.8 Å². The number of halogens is 1. The molecule has 0 radical (unpaired) electrons. The van der Waals surface area contributed by atoms with E-state index >= 15 is 0 Å². The summed E-state index contributed by atoms with van der Waals surface area (Å²) in [5, 5.41) is 0.843. The van der Waals surface area contributed by atoms with Crippen molar-refractivity contribution in [3.8, 4) is 16.9 Å². The number of aromatic nitrogens is 1. The number of carbonyl (C=O) groups excluding carboxylic acids is 1. The minimum Gasteiger partial charge on any atom is -0.481 e. The Labute approximate surface area is 164 Å². The van der Waals surface area contributed by atoms with Gasteiger partial charge in [-0.1, -0.05) is 18.2 Å². The fourth-order valence-electron chi connectivity index (χ4n) is 3.74. The lowest BCUT2D eigenvalue weighted by Crippen LogP contribution is -2.43. The van der Waals surface area contributed by atoms with E-state index in [9.17, 15) is 9.18 Å². The van der Waals surface area contributed by atoms with E-state index in [4.69, 9.17) is 4.74 Å². The second kappa shape index (κ2) is 7.97. The Morgan fingerprint density at radius 2 is 1.86 bits per heavy atom. The number of likely N-dealkylation sites (tertiary alicyclic amines) is 1. The Kier molecular flexibility index (Phi) is 5.24. The average molecular weight is 378 g/mol. The molecule has 4 nitrogen and oxygen atoms in total. The second-order valence-corrected chi connectivity index (χ2v) is 7.16. The van der Waals surface area contributed by atoms with Gasteiger partial charge in [-0.3, -0.25) is 9.78 Å². The van der Waals surface area contributed by atoms with Crippen LogP contribution in [-0.4, -0.2) is 35.0 Å². The number of amides is 1. The first-order chi connectivity index (χ1) is 13.6. The number of benzene rings is 2. The second-order valence-electron chi connectivity index (χ2n) is 7.16. The first-order valence-electron chi connectivity index (χ1n) is 9.72. The van der Waals surface area contributed by atoms with Crippen LogP contribution in [0.2, 0.25) is 0 Å². The molecule has 0 saturated carbocycles. The van der Waals surface area contributed by atoms with E-state index in [1.807, 2.05) is 29.2 Å². The highest BCUT2D eigenvalue weighted by Gasteiger charge is 2.23. The van der Waals surface area contributed by atoms with Crippen LogP contribution in [0, 0.1) is 5.82 Å². The van der Waals surface area contributed by atoms with Crippen LogP contribution >= 0.6 is 0 Å².